The summed E-state index contributed by atoms with van der Waals surface area (Å²) in [6, 6.07) is 13.7. The van der Waals surface area contributed by atoms with E-state index in [1.165, 1.54) is 0 Å². The molecule has 330 valence electrons. The molecule has 19 atom stereocenters. The second-order valence-electron chi connectivity index (χ2n) is 15.7. The lowest BCUT2D eigenvalue weighted by Crippen LogP contribution is -2.68. The highest BCUT2D eigenvalue weighted by atomic mass is 16.8. The van der Waals surface area contributed by atoms with Gasteiger partial charge in [0.25, 0.3) is 5.91 Å². The number of aliphatic hydroxyl groups is 6. The number of hydrogen-bond acceptors (Lipinski definition) is 20. The zero-order valence-electron chi connectivity index (χ0n) is 32.5. The lowest BCUT2D eigenvalue weighted by Gasteiger charge is -2.47. The number of aromatic nitrogens is 1. The molecular weight excluding hydrogens is 788 g/mol. The molecule has 4 aliphatic rings. The van der Waals surface area contributed by atoms with Crippen molar-refractivity contribution in [2.24, 2.45) is 34.4 Å². The van der Waals surface area contributed by atoms with Crippen LogP contribution in [0.1, 0.15) is 16.8 Å². The molecule has 0 unspecified atom stereocenters. The van der Waals surface area contributed by atoms with E-state index >= 15 is 0 Å². The minimum atomic E-state index is -1.69. The van der Waals surface area contributed by atoms with E-state index in [0.29, 0.717) is 22.2 Å². The fourth-order valence-electron chi connectivity index (χ4n) is 8.17. The van der Waals surface area contributed by atoms with Crippen molar-refractivity contribution in [2.45, 2.75) is 123 Å². The third-order valence-corrected chi connectivity index (χ3v) is 11.7. The number of carbonyl (C=O) groups excluding carboxylic acids is 1. The van der Waals surface area contributed by atoms with Crippen LogP contribution < -0.4 is 39.7 Å². The van der Waals surface area contributed by atoms with Gasteiger partial charge in [0.05, 0.1) is 35.0 Å². The van der Waals surface area contributed by atoms with E-state index in [0.717, 1.165) is 5.56 Å². The number of nitrogens with one attached hydrogen (secondary N) is 1. The van der Waals surface area contributed by atoms with Crippen molar-refractivity contribution in [3.63, 3.8) is 0 Å². The molecule has 1 aliphatic carbocycles. The number of pyridine rings is 1. The van der Waals surface area contributed by atoms with Crippen LogP contribution in [-0.2, 0) is 28.4 Å². The van der Waals surface area contributed by atoms with Crippen molar-refractivity contribution in [3.05, 3.63) is 66.2 Å². The zero-order valence-corrected chi connectivity index (χ0v) is 32.5. The molecule has 0 radical (unpaired) electrons. The molecule has 7 rings (SSSR count). The van der Waals surface area contributed by atoms with E-state index < -0.39 is 122 Å². The quantitative estimate of drug-likeness (QED) is 0.0810. The second kappa shape index (κ2) is 18.9. The van der Waals surface area contributed by atoms with Gasteiger partial charge in [-0.2, -0.15) is 0 Å². The summed E-state index contributed by atoms with van der Waals surface area (Å²) in [5.41, 5.74) is 38.9. The molecule has 21 heteroatoms. The van der Waals surface area contributed by atoms with Gasteiger partial charge in [0.15, 0.2) is 18.9 Å². The van der Waals surface area contributed by atoms with E-state index in [1.807, 2.05) is 36.4 Å². The summed E-state index contributed by atoms with van der Waals surface area (Å²) in [5, 5.41) is 68.9. The Kier molecular flexibility index (Phi) is 14.1. The van der Waals surface area contributed by atoms with Crippen molar-refractivity contribution >= 4 is 16.8 Å². The number of nitrogens with zero attached hydrogens (tertiary/aromatic N) is 1. The van der Waals surface area contributed by atoms with Crippen LogP contribution in [0.2, 0.25) is 0 Å². The summed E-state index contributed by atoms with van der Waals surface area (Å²) in [6.07, 6.45) is -20.7. The highest BCUT2D eigenvalue weighted by molar-refractivity contribution is 6.07. The van der Waals surface area contributed by atoms with Crippen LogP contribution in [0, 0.1) is 0 Å². The Morgan fingerprint density at radius 1 is 0.650 bits per heavy atom. The molecule has 19 N–H and O–H groups in total. The molecule has 3 saturated heterocycles. The number of amides is 1. The number of ether oxygens (including phenoxy) is 6. The maximum Gasteiger partial charge on any atom is 0.252 e. The van der Waals surface area contributed by atoms with Gasteiger partial charge in [-0.3, -0.25) is 4.79 Å². The Balaban J connectivity index is 1.15. The van der Waals surface area contributed by atoms with Crippen molar-refractivity contribution in [3.8, 4) is 11.3 Å². The molecule has 4 heterocycles. The largest absolute Gasteiger partial charge is 0.389 e. The lowest BCUT2D eigenvalue weighted by molar-refractivity contribution is -0.306. The Morgan fingerprint density at radius 3 is 1.82 bits per heavy atom. The minimum absolute atomic E-state index is 0.0523. The van der Waals surface area contributed by atoms with Crippen LogP contribution in [0.4, 0.5) is 0 Å². The van der Waals surface area contributed by atoms with Crippen LogP contribution >= 0.6 is 0 Å². The zero-order chi connectivity index (χ0) is 43.0. The van der Waals surface area contributed by atoms with E-state index in [2.05, 4.69) is 5.32 Å². The summed E-state index contributed by atoms with van der Waals surface area (Å²) in [6.45, 7) is -0.677. The van der Waals surface area contributed by atoms with Crippen LogP contribution in [0.15, 0.2) is 60.7 Å². The third kappa shape index (κ3) is 8.92. The first-order valence-corrected chi connectivity index (χ1v) is 19.9. The second-order valence-corrected chi connectivity index (χ2v) is 15.7. The number of benzene rings is 2. The van der Waals surface area contributed by atoms with Crippen LogP contribution in [0.3, 0.4) is 0 Å². The number of carbonyl (C=O) groups is 1. The molecular formula is C39H56N8O13. The number of fused-ring (bicyclic) bond motifs is 1. The van der Waals surface area contributed by atoms with E-state index in [-0.39, 0.29) is 26.1 Å². The van der Waals surface area contributed by atoms with Crippen molar-refractivity contribution in [1.82, 2.24) is 10.3 Å². The molecule has 3 aromatic rings. The fourth-order valence-corrected chi connectivity index (χ4v) is 8.17. The maximum absolute atomic E-state index is 14.1. The summed E-state index contributed by atoms with van der Waals surface area (Å²) in [5.74, 6) is -0.514. The van der Waals surface area contributed by atoms with Crippen LogP contribution in [-0.4, -0.2) is 177 Å². The fraction of sp³-hybridized carbons (Fsp3) is 0.590. The predicted molar refractivity (Wildman–Crippen MR) is 211 cm³/mol. The first kappa shape index (κ1) is 44.6. The molecule has 21 nitrogen and oxygen atoms in total. The number of aliphatic hydroxyl groups excluding tert-OH is 6. The number of rotatable bonds is 12. The molecule has 1 saturated carbocycles. The molecule has 0 bridgehead atoms. The van der Waals surface area contributed by atoms with Crippen LogP contribution in [0.25, 0.3) is 22.2 Å². The Morgan fingerprint density at radius 2 is 1.20 bits per heavy atom. The molecule has 60 heavy (non-hydrogen) atoms. The van der Waals surface area contributed by atoms with Gasteiger partial charge >= 0.3 is 0 Å². The highest BCUT2D eigenvalue weighted by Gasteiger charge is 2.54. The number of nitrogens with two attached hydrogens (primary N) is 6. The first-order valence-electron chi connectivity index (χ1n) is 19.9. The van der Waals surface area contributed by atoms with Crippen LogP contribution in [0.5, 0.6) is 0 Å². The van der Waals surface area contributed by atoms with Gasteiger partial charge in [0, 0.05) is 42.7 Å². The van der Waals surface area contributed by atoms with E-state index in [1.54, 1.807) is 24.3 Å². The smallest absolute Gasteiger partial charge is 0.252 e. The lowest BCUT2D eigenvalue weighted by atomic mass is 9.84. The number of hydrogen-bond donors (Lipinski definition) is 13. The van der Waals surface area contributed by atoms with Crippen molar-refractivity contribution in [1.29, 1.82) is 0 Å². The van der Waals surface area contributed by atoms with E-state index in [9.17, 15) is 35.4 Å². The third-order valence-electron chi connectivity index (χ3n) is 11.7. The highest BCUT2D eigenvalue weighted by Crippen LogP contribution is 2.35. The van der Waals surface area contributed by atoms with Crippen molar-refractivity contribution < 1.29 is 63.9 Å². The molecule has 2 aromatic carbocycles. The monoisotopic (exact) mass is 844 g/mol. The van der Waals surface area contributed by atoms with Gasteiger partial charge in [0.1, 0.15) is 67.1 Å². The Bertz CT molecular complexity index is 1910. The average molecular weight is 845 g/mol. The molecule has 1 aromatic heterocycles. The molecule has 3 aliphatic heterocycles. The average Bonchev–Trinajstić information content (AvgIpc) is 3.55. The molecule has 0 spiro atoms. The van der Waals surface area contributed by atoms with E-state index in [4.69, 9.17) is 67.8 Å². The molecule has 4 fully saturated rings. The van der Waals surface area contributed by atoms with Gasteiger partial charge in [-0.1, -0.05) is 48.5 Å². The minimum Gasteiger partial charge on any atom is -0.389 e. The number of para-hydroxylation sites is 1. The van der Waals surface area contributed by atoms with Gasteiger partial charge < -0.3 is 98.8 Å². The predicted octanol–water partition coefficient (Wildman–Crippen LogP) is -5.24. The summed E-state index contributed by atoms with van der Waals surface area (Å²) in [4.78, 5) is 18.8. The van der Waals surface area contributed by atoms with Gasteiger partial charge in [-0.25, -0.2) is 4.98 Å². The maximum atomic E-state index is 14.1. The first-order chi connectivity index (χ1) is 28.7. The SMILES string of the molecule is NC[C@@H]1O[C@H](O[C@H]2[C@@H](O)[C@H](O[C@@H]3[C@@H](O)[C@H](N)C[C@H](N)[C@H]3O[C@H]3O[C@H](CN)[C@@H](O)[C@H](O)[C@H]3N)O[C@@H]2CNC(=O)c2cc(-c3ccccc3)nc3ccccc23)[C@H](N)[C@@H](O)[C@@H]1O. The van der Waals surface area contributed by atoms with Crippen molar-refractivity contribution in [2.75, 3.05) is 19.6 Å². The normalized spacial score (nSPS) is 41.0. The van der Waals surface area contributed by atoms with Gasteiger partial charge in [-0.15, -0.1) is 0 Å². The Labute approximate surface area is 344 Å². The summed E-state index contributed by atoms with van der Waals surface area (Å²) < 4.78 is 36.4. The Hall–Kier alpha value is -3.40. The summed E-state index contributed by atoms with van der Waals surface area (Å²) in [7, 11) is 0. The standard InChI is InChI=1S/C39H56N8O13/c40-12-22-28(49)30(51)25(44)37(55-22)58-33-19(43)11-18(42)27(48)35(33)60-39-32(53)34(59-38-26(45)31(52)29(50)23(13-41)56-38)24(57-39)14-46-36(54)17-10-21(15-6-2-1-3-7-15)47-20-9-5-4-8-16(17)20/h1-10,18-19,22-35,37-39,48-53H,11-14,40-45H2,(H,46,54)/t18-,19+,22-,23+,24-,25-,26-,27+,28-,29-,30-,31-,32-,33-,34-,35-,37-,38-,39+/m1/s1. The molecule has 1 amide bonds. The van der Waals surface area contributed by atoms with Gasteiger partial charge in [-0.05, 0) is 18.6 Å². The topological polar surface area (TPSA) is 375 Å². The summed E-state index contributed by atoms with van der Waals surface area (Å²) >= 11 is 0. The van der Waals surface area contributed by atoms with Gasteiger partial charge in [0.2, 0.25) is 0 Å².